The molecule has 0 aliphatic carbocycles. The predicted octanol–water partition coefficient (Wildman–Crippen LogP) is 1.27. The maximum Gasteiger partial charge on any atom is 0.0997 e. The fraction of sp³-hybridized carbons (Fsp3) is 0.700. The van der Waals surface area contributed by atoms with Gasteiger partial charge < -0.3 is 0 Å². The summed E-state index contributed by atoms with van der Waals surface area (Å²) in [7, 11) is 0. The summed E-state index contributed by atoms with van der Waals surface area (Å²) in [4.78, 5) is 1.60. The second kappa shape index (κ2) is 6.89. The Bertz CT molecular complexity index is 260. The van der Waals surface area contributed by atoms with Crippen LogP contribution in [0.3, 0.4) is 0 Å². The predicted molar refractivity (Wildman–Crippen MR) is 51.7 cm³/mol. The Morgan fingerprint density at radius 1 is 1.07 bits per heavy atom. The Morgan fingerprint density at radius 3 is 1.86 bits per heavy atom. The molecule has 0 amide bonds. The van der Waals surface area contributed by atoms with Crippen LogP contribution in [0.15, 0.2) is 0 Å². The molecule has 0 saturated carbocycles. The molecule has 0 aromatic heterocycles. The molecule has 0 spiro atoms. The standard InChI is InChI=1S/C10H14N4/c1-9(2)7-10(8-13)14(5-3-11)6-4-12/h9-10H,5-7H2,1-2H3/t10-/m0/s1. The molecule has 0 aliphatic rings. The molecule has 0 aliphatic heterocycles. The van der Waals surface area contributed by atoms with E-state index in [4.69, 9.17) is 15.8 Å². The van der Waals surface area contributed by atoms with Gasteiger partial charge in [0.25, 0.3) is 0 Å². The molecule has 1 atom stereocenters. The summed E-state index contributed by atoms with van der Waals surface area (Å²) >= 11 is 0. The van der Waals surface area contributed by atoms with E-state index in [1.165, 1.54) is 0 Å². The number of hydrogen-bond acceptors (Lipinski definition) is 4. The van der Waals surface area contributed by atoms with Crippen LogP contribution in [-0.2, 0) is 0 Å². The number of nitriles is 3. The van der Waals surface area contributed by atoms with Gasteiger partial charge in [-0.3, -0.25) is 4.90 Å². The van der Waals surface area contributed by atoms with E-state index < -0.39 is 0 Å². The molecular weight excluding hydrogens is 176 g/mol. The average molecular weight is 190 g/mol. The van der Waals surface area contributed by atoms with Crippen molar-refractivity contribution in [3.8, 4) is 18.2 Å². The van der Waals surface area contributed by atoms with Crippen molar-refractivity contribution in [2.45, 2.75) is 26.3 Å². The third-order valence-electron chi connectivity index (χ3n) is 1.83. The smallest absolute Gasteiger partial charge is 0.0997 e. The van der Waals surface area contributed by atoms with E-state index in [2.05, 4.69) is 6.07 Å². The van der Waals surface area contributed by atoms with E-state index in [1.807, 2.05) is 26.0 Å². The van der Waals surface area contributed by atoms with Gasteiger partial charge in [0, 0.05) is 0 Å². The zero-order valence-electron chi connectivity index (χ0n) is 8.56. The van der Waals surface area contributed by atoms with Gasteiger partial charge in [0.05, 0.1) is 37.3 Å². The fourth-order valence-electron chi connectivity index (χ4n) is 1.19. The summed E-state index contributed by atoms with van der Waals surface area (Å²) in [6.07, 6.45) is 0.694. The summed E-state index contributed by atoms with van der Waals surface area (Å²) in [5, 5.41) is 26.0. The first-order valence-corrected chi connectivity index (χ1v) is 4.53. The van der Waals surface area contributed by atoms with Crippen LogP contribution in [0, 0.1) is 39.9 Å². The first-order chi connectivity index (χ1) is 6.65. The molecule has 0 unspecified atom stereocenters. The first-order valence-electron chi connectivity index (χ1n) is 4.53. The van der Waals surface area contributed by atoms with Crippen molar-refractivity contribution in [1.82, 2.24) is 4.90 Å². The second-order valence-electron chi connectivity index (χ2n) is 3.50. The molecule has 0 rings (SSSR count). The van der Waals surface area contributed by atoms with Crippen LogP contribution in [0.25, 0.3) is 0 Å². The molecule has 0 bridgehead atoms. The van der Waals surface area contributed by atoms with Gasteiger partial charge in [-0.25, -0.2) is 0 Å². The lowest BCUT2D eigenvalue weighted by atomic mass is 10.0. The molecule has 0 aromatic rings. The topological polar surface area (TPSA) is 74.6 Å². The van der Waals surface area contributed by atoms with Crippen molar-refractivity contribution < 1.29 is 0 Å². The molecule has 0 saturated heterocycles. The van der Waals surface area contributed by atoms with Crippen LogP contribution in [-0.4, -0.2) is 24.0 Å². The zero-order valence-corrected chi connectivity index (χ0v) is 8.56. The van der Waals surface area contributed by atoms with Crippen LogP contribution >= 0.6 is 0 Å². The van der Waals surface area contributed by atoms with Gasteiger partial charge in [0.1, 0.15) is 0 Å². The zero-order chi connectivity index (χ0) is 11.0. The molecule has 0 heterocycles. The molecule has 14 heavy (non-hydrogen) atoms. The molecule has 4 heteroatoms. The highest BCUT2D eigenvalue weighted by Crippen LogP contribution is 2.10. The van der Waals surface area contributed by atoms with E-state index in [0.717, 1.165) is 0 Å². The highest BCUT2D eigenvalue weighted by molar-refractivity contribution is 4.98. The second-order valence-corrected chi connectivity index (χ2v) is 3.50. The van der Waals surface area contributed by atoms with Crippen molar-refractivity contribution in [2.75, 3.05) is 13.1 Å². The maximum absolute atomic E-state index is 8.89. The minimum atomic E-state index is -0.325. The molecule has 74 valence electrons. The van der Waals surface area contributed by atoms with Crippen LogP contribution < -0.4 is 0 Å². The van der Waals surface area contributed by atoms with Gasteiger partial charge in [-0.1, -0.05) is 13.8 Å². The normalized spacial score (nSPS) is 11.8. The Labute approximate surface area is 85.0 Å². The van der Waals surface area contributed by atoms with E-state index in [1.54, 1.807) is 4.90 Å². The SMILES string of the molecule is CC(C)C[C@@H](C#N)N(CC#N)CC#N. The highest BCUT2D eigenvalue weighted by atomic mass is 15.1. The van der Waals surface area contributed by atoms with Crippen molar-refractivity contribution >= 4 is 0 Å². The molecule has 0 fully saturated rings. The lowest BCUT2D eigenvalue weighted by Crippen LogP contribution is -2.35. The fourth-order valence-corrected chi connectivity index (χ4v) is 1.19. The van der Waals surface area contributed by atoms with Crippen molar-refractivity contribution in [2.24, 2.45) is 5.92 Å². The van der Waals surface area contributed by atoms with Gasteiger partial charge in [-0.15, -0.1) is 0 Å². The molecule has 0 aromatic carbocycles. The van der Waals surface area contributed by atoms with Gasteiger partial charge in [-0.05, 0) is 12.3 Å². The van der Waals surface area contributed by atoms with Crippen molar-refractivity contribution in [3.05, 3.63) is 0 Å². The van der Waals surface area contributed by atoms with Gasteiger partial charge in [0.15, 0.2) is 0 Å². The van der Waals surface area contributed by atoms with Gasteiger partial charge in [0.2, 0.25) is 0 Å². The monoisotopic (exact) mass is 190 g/mol. The summed E-state index contributed by atoms with van der Waals surface area (Å²) in [5.74, 6) is 0.388. The van der Waals surface area contributed by atoms with Crippen molar-refractivity contribution in [3.63, 3.8) is 0 Å². The third kappa shape index (κ3) is 4.45. The number of rotatable bonds is 5. The Balaban J connectivity index is 4.38. The van der Waals surface area contributed by atoms with E-state index >= 15 is 0 Å². The van der Waals surface area contributed by atoms with Crippen molar-refractivity contribution in [1.29, 1.82) is 15.8 Å². The number of hydrogen-bond donors (Lipinski definition) is 0. The lowest BCUT2D eigenvalue weighted by molar-refractivity contribution is 0.261. The van der Waals surface area contributed by atoms with E-state index in [-0.39, 0.29) is 19.1 Å². The summed E-state index contributed by atoms with van der Waals surface area (Å²) in [6.45, 7) is 4.31. The molecule has 0 N–H and O–H groups in total. The van der Waals surface area contributed by atoms with Crippen LogP contribution in [0.2, 0.25) is 0 Å². The quantitative estimate of drug-likeness (QED) is 0.612. The van der Waals surface area contributed by atoms with Gasteiger partial charge >= 0.3 is 0 Å². The lowest BCUT2D eigenvalue weighted by Gasteiger charge is -2.22. The Morgan fingerprint density at radius 2 is 1.57 bits per heavy atom. The highest BCUT2D eigenvalue weighted by Gasteiger charge is 2.18. The Kier molecular flexibility index (Phi) is 6.12. The maximum atomic E-state index is 8.89. The van der Waals surface area contributed by atoms with E-state index in [0.29, 0.717) is 12.3 Å². The molecule has 0 radical (unpaired) electrons. The van der Waals surface area contributed by atoms with E-state index in [9.17, 15) is 0 Å². The van der Waals surface area contributed by atoms with Crippen LogP contribution in [0.5, 0.6) is 0 Å². The van der Waals surface area contributed by atoms with Crippen LogP contribution in [0.4, 0.5) is 0 Å². The van der Waals surface area contributed by atoms with Crippen LogP contribution in [0.1, 0.15) is 20.3 Å². The summed E-state index contributed by atoms with van der Waals surface area (Å²) < 4.78 is 0. The third-order valence-corrected chi connectivity index (χ3v) is 1.83. The molecule has 4 nitrogen and oxygen atoms in total. The Hall–Kier alpha value is -1.57. The average Bonchev–Trinajstić information content (AvgIpc) is 2.13. The minimum absolute atomic E-state index is 0.137. The minimum Gasteiger partial charge on any atom is -0.261 e. The summed E-state index contributed by atoms with van der Waals surface area (Å²) in [6, 6.07) is 5.73. The largest absolute Gasteiger partial charge is 0.261 e. The molecular formula is C10H14N4. The summed E-state index contributed by atoms with van der Waals surface area (Å²) in [5.41, 5.74) is 0. The van der Waals surface area contributed by atoms with Gasteiger partial charge in [-0.2, -0.15) is 15.8 Å². The number of nitrogens with zero attached hydrogens (tertiary/aromatic N) is 4. The first kappa shape index (κ1) is 12.4.